The fourth-order valence-electron chi connectivity index (χ4n) is 5.19. The van der Waals surface area contributed by atoms with Crippen molar-refractivity contribution in [2.24, 2.45) is 23.7 Å². The van der Waals surface area contributed by atoms with Gasteiger partial charge in [-0.15, -0.1) is 0 Å². The Morgan fingerprint density at radius 1 is 0.821 bits per heavy atom. The molecule has 0 bridgehead atoms. The molecule has 2 heterocycles. The quantitative estimate of drug-likeness (QED) is 0.609. The van der Waals surface area contributed by atoms with Crippen LogP contribution in [0.15, 0.2) is 60.7 Å². The van der Waals surface area contributed by atoms with Gasteiger partial charge in [-0.2, -0.15) is 0 Å². The number of fused-ring (bicyclic) bond motifs is 4. The molecule has 2 aliphatic heterocycles. The first-order valence-corrected chi connectivity index (χ1v) is 9.76. The third kappa shape index (κ3) is 2.65. The zero-order chi connectivity index (χ0) is 19.3. The van der Waals surface area contributed by atoms with Gasteiger partial charge in [-0.25, -0.2) is 0 Å². The second-order valence-corrected chi connectivity index (χ2v) is 7.96. The highest BCUT2D eigenvalue weighted by Gasteiger charge is 2.68. The Bertz CT molecular complexity index is 926. The van der Waals surface area contributed by atoms with Crippen LogP contribution >= 0.6 is 0 Å². The molecular weight excluding hydrogens is 354 g/mol. The zero-order valence-corrected chi connectivity index (χ0v) is 15.4. The van der Waals surface area contributed by atoms with Gasteiger partial charge in [-0.1, -0.05) is 60.7 Å². The molecule has 0 spiro atoms. The Balaban J connectivity index is 1.39. The maximum Gasteiger partial charge on any atom is 0.306 e. The van der Waals surface area contributed by atoms with Crippen LogP contribution in [0.5, 0.6) is 0 Å². The first-order valence-electron chi connectivity index (χ1n) is 9.76. The highest BCUT2D eigenvalue weighted by Crippen LogP contribution is 2.57. The fraction of sp³-hybridized carbons (Fsp3) is 0.348. The summed E-state index contributed by atoms with van der Waals surface area (Å²) in [6.45, 7) is 0.295. The summed E-state index contributed by atoms with van der Waals surface area (Å²) in [5.41, 5.74) is 2.00. The number of cyclic esters (lactones) is 1. The summed E-state index contributed by atoms with van der Waals surface area (Å²) in [4.78, 5) is 39.6. The van der Waals surface area contributed by atoms with Crippen molar-refractivity contribution < 1.29 is 19.1 Å². The molecule has 1 saturated carbocycles. The summed E-state index contributed by atoms with van der Waals surface area (Å²) in [5, 5.41) is 0. The molecule has 5 rings (SSSR count). The largest absolute Gasteiger partial charge is 0.462 e. The van der Waals surface area contributed by atoms with E-state index in [1.165, 1.54) is 4.90 Å². The number of esters is 1. The molecule has 2 saturated heterocycles. The van der Waals surface area contributed by atoms with Gasteiger partial charge < -0.3 is 4.74 Å². The summed E-state index contributed by atoms with van der Waals surface area (Å²) >= 11 is 0. The number of rotatable bonds is 4. The van der Waals surface area contributed by atoms with Crippen LogP contribution in [0.4, 0.5) is 0 Å². The topological polar surface area (TPSA) is 63.7 Å². The minimum absolute atomic E-state index is 0.0693. The van der Waals surface area contributed by atoms with E-state index in [0.717, 1.165) is 11.1 Å². The maximum absolute atomic E-state index is 13.1. The summed E-state index contributed by atoms with van der Waals surface area (Å²) in [5.74, 6) is -1.39. The molecule has 3 fully saturated rings. The predicted molar refractivity (Wildman–Crippen MR) is 101 cm³/mol. The lowest BCUT2D eigenvalue weighted by Crippen LogP contribution is -2.58. The molecule has 5 heteroatoms. The van der Waals surface area contributed by atoms with Crippen LogP contribution in [0.25, 0.3) is 0 Å². The molecule has 5 atom stereocenters. The van der Waals surface area contributed by atoms with Crippen LogP contribution in [-0.4, -0.2) is 28.8 Å². The van der Waals surface area contributed by atoms with Crippen molar-refractivity contribution in [3.8, 4) is 0 Å². The number of hydrogen-bond donors (Lipinski definition) is 0. The van der Waals surface area contributed by atoms with Gasteiger partial charge in [0.15, 0.2) is 0 Å². The number of nitrogens with zero attached hydrogens (tertiary/aromatic N) is 1. The average molecular weight is 375 g/mol. The van der Waals surface area contributed by atoms with E-state index in [9.17, 15) is 14.4 Å². The third-order valence-corrected chi connectivity index (χ3v) is 6.44. The van der Waals surface area contributed by atoms with E-state index in [-0.39, 0.29) is 54.0 Å². The van der Waals surface area contributed by atoms with Gasteiger partial charge in [0, 0.05) is 18.8 Å². The number of ether oxygens (including phenoxy) is 1. The van der Waals surface area contributed by atoms with E-state index in [4.69, 9.17) is 4.74 Å². The van der Waals surface area contributed by atoms with E-state index in [2.05, 4.69) is 0 Å². The Labute approximate surface area is 163 Å². The lowest BCUT2D eigenvalue weighted by Gasteiger charge is -2.51. The molecule has 2 aromatic rings. The molecular formula is C23H21NO4. The zero-order valence-electron chi connectivity index (χ0n) is 15.4. The summed E-state index contributed by atoms with van der Waals surface area (Å²) < 4.78 is 5.65. The summed E-state index contributed by atoms with van der Waals surface area (Å²) in [6.07, 6.45) is 0.468. The van der Waals surface area contributed by atoms with Gasteiger partial charge in [-0.05, 0) is 17.0 Å². The van der Waals surface area contributed by atoms with Crippen molar-refractivity contribution in [3.63, 3.8) is 0 Å². The molecule has 1 aliphatic carbocycles. The molecule has 2 aromatic carbocycles. The minimum atomic E-state index is -0.368. The minimum Gasteiger partial charge on any atom is -0.462 e. The summed E-state index contributed by atoms with van der Waals surface area (Å²) in [6, 6.07) is 19.4. The van der Waals surface area contributed by atoms with Gasteiger partial charge >= 0.3 is 5.97 Å². The number of amides is 2. The van der Waals surface area contributed by atoms with Crippen molar-refractivity contribution in [1.29, 1.82) is 0 Å². The molecule has 0 aromatic heterocycles. The number of carbonyl (C=O) groups is 3. The van der Waals surface area contributed by atoms with E-state index >= 15 is 0 Å². The fourth-order valence-corrected chi connectivity index (χ4v) is 5.19. The van der Waals surface area contributed by atoms with Gasteiger partial charge in [0.25, 0.3) is 0 Å². The Kier molecular flexibility index (Phi) is 4.04. The maximum atomic E-state index is 13.1. The van der Waals surface area contributed by atoms with Crippen LogP contribution in [0, 0.1) is 23.7 Å². The Morgan fingerprint density at radius 3 is 2.11 bits per heavy atom. The number of benzene rings is 2. The molecule has 142 valence electrons. The van der Waals surface area contributed by atoms with Crippen molar-refractivity contribution in [2.45, 2.75) is 25.5 Å². The average Bonchev–Trinajstić information content (AvgIpc) is 2.88. The Morgan fingerprint density at radius 2 is 1.43 bits per heavy atom. The standard InChI is InChI=1S/C23H21NO4/c25-18-12-16-19(17(28-18)11-14-7-3-1-4-8-14)21-20(16)22(26)24(23(21)27)13-15-9-5-2-6-10-15/h1-10,16-17,19-21H,11-13H2/t16-,17-,19-,20+,21-/m1/s1. The van der Waals surface area contributed by atoms with Crippen molar-refractivity contribution in [1.82, 2.24) is 4.90 Å². The lowest BCUT2D eigenvalue weighted by atomic mass is 9.53. The molecule has 0 N–H and O–H groups in total. The van der Waals surface area contributed by atoms with Crippen molar-refractivity contribution >= 4 is 17.8 Å². The first-order chi connectivity index (χ1) is 13.6. The van der Waals surface area contributed by atoms with E-state index in [1.807, 2.05) is 60.7 Å². The second kappa shape index (κ2) is 6.59. The highest BCUT2D eigenvalue weighted by molar-refractivity contribution is 6.07. The van der Waals surface area contributed by atoms with Gasteiger partial charge in [0.1, 0.15) is 6.10 Å². The first kappa shape index (κ1) is 17.2. The monoisotopic (exact) mass is 375 g/mol. The third-order valence-electron chi connectivity index (χ3n) is 6.44. The molecule has 0 radical (unpaired) electrons. The van der Waals surface area contributed by atoms with Crippen LogP contribution in [-0.2, 0) is 32.1 Å². The van der Waals surface area contributed by atoms with Crippen LogP contribution in [0.2, 0.25) is 0 Å². The number of hydrogen-bond acceptors (Lipinski definition) is 4. The van der Waals surface area contributed by atoms with Crippen LogP contribution in [0.3, 0.4) is 0 Å². The smallest absolute Gasteiger partial charge is 0.306 e. The normalized spacial score (nSPS) is 31.1. The van der Waals surface area contributed by atoms with Crippen LogP contribution < -0.4 is 0 Å². The summed E-state index contributed by atoms with van der Waals surface area (Å²) in [7, 11) is 0. The molecule has 3 aliphatic rings. The molecule has 28 heavy (non-hydrogen) atoms. The Hall–Kier alpha value is -2.95. The number of carbonyl (C=O) groups excluding carboxylic acids is 3. The number of likely N-dealkylation sites (tertiary alicyclic amines) is 1. The van der Waals surface area contributed by atoms with E-state index in [0.29, 0.717) is 13.0 Å². The van der Waals surface area contributed by atoms with E-state index in [1.54, 1.807) is 0 Å². The van der Waals surface area contributed by atoms with Gasteiger partial charge in [0.05, 0.1) is 18.4 Å². The van der Waals surface area contributed by atoms with E-state index < -0.39 is 0 Å². The molecule has 2 amide bonds. The van der Waals surface area contributed by atoms with Gasteiger partial charge in [-0.3, -0.25) is 19.3 Å². The lowest BCUT2D eigenvalue weighted by molar-refractivity contribution is -0.189. The van der Waals surface area contributed by atoms with Gasteiger partial charge in [0.2, 0.25) is 11.8 Å². The highest BCUT2D eigenvalue weighted by atomic mass is 16.5. The predicted octanol–water partition coefficient (Wildman–Crippen LogP) is 2.59. The van der Waals surface area contributed by atoms with Crippen molar-refractivity contribution in [2.75, 3.05) is 0 Å². The second-order valence-electron chi connectivity index (χ2n) is 7.96. The molecule has 5 nitrogen and oxygen atoms in total. The molecule has 0 unspecified atom stereocenters. The van der Waals surface area contributed by atoms with Crippen molar-refractivity contribution in [3.05, 3.63) is 71.8 Å². The SMILES string of the molecule is O=C1C[C@H]2[C@@H]3C(=O)N(Cc4ccccc4)C(=O)[C@@H]3[C@H]2[C@@H](Cc2ccccc2)O1. The number of imide groups is 1. The van der Waals surface area contributed by atoms with Crippen LogP contribution in [0.1, 0.15) is 17.5 Å².